The van der Waals surface area contributed by atoms with Crippen LogP contribution in [0.4, 0.5) is 29.5 Å². The molecule has 1 aliphatic heterocycles. The number of rotatable bonds is 4. The van der Waals surface area contributed by atoms with E-state index in [1.54, 1.807) is 11.0 Å². The lowest BCUT2D eigenvalue weighted by Crippen LogP contribution is -2.44. The summed E-state index contributed by atoms with van der Waals surface area (Å²) in [6, 6.07) is 8.06. The van der Waals surface area contributed by atoms with Gasteiger partial charge in [0.15, 0.2) is 5.82 Å². The molecule has 0 radical (unpaired) electrons. The van der Waals surface area contributed by atoms with Gasteiger partial charge in [-0.3, -0.25) is 0 Å². The molecule has 2 aromatic rings. The van der Waals surface area contributed by atoms with Crippen LogP contribution in [0, 0.1) is 11.3 Å². The van der Waals surface area contributed by atoms with Crippen molar-refractivity contribution < 1.29 is 27.4 Å². The molecule has 1 aromatic heterocycles. The summed E-state index contributed by atoms with van der Waals surface area (Å²) in [6.07, 6.45) is -2.43. The summed E-state index contributed by atoms with van der Waals surface area (Å²) < 4.78 is 49.7. The number of carbonyl (C=O) groups excluding carboxylic acids is 1. The number of amides is 1. The summed E-state index contributed by atoms with van der Waals surface area (Å²) in [5.41, 5.74) is -0.835. The molecular weight excluding hydrogens is 437 g/mol. The molecule has 2 heterocycles. The Morgan fingerprint density at radius 1 is 1.15 bits per heavy atom. The van der Waals surface area contributed by atoms with Crippen molar-refractivity contribution in [1.82, 2.24) is 9.88 Å². The van der Waals surface area contributed by atoms with E-state index >= 15 is 0 Å². The highest BCUT2D eigenvalue weighted by Crippen LogP contribution is 2.32. The summed E-state index contributed by atoms with van der Waals surface area (Å²) in [5.74, 6) is 0.499. The largest absolute Gasteiger partial charge is 0.489 e. The molecule has 0 atom stereocenters. The smallest absolute Gasteiger partial charge is 0.416 e. The number of nitriles is 1. The molecule has 1 aliphatic rings. The maximum atomic E-state index is 12.8. The first kappa shape index (κ1) is 24.2. The van der Waals surface area contributed by atoms with Gasteiger partial charge in [0.05, 0.1) is 5.56 Å². The molecule has 0 spiro atoms. The second kappa shape index (κ2) is 9.57. The lowest BCUT2D eigenvalue weighted by atomic mass is 10.1. The zero-order chi connectivity index (χ0) is 24.2. The summed E-state index contributed by atoms with van der Waals surface area (Å²) in [5, 5.41) is 12.5. The summed E-state index contributed by atoms with van der Waals surface area (Å²) in [4.78, 5) is 18.0. The number of halogens is 3. The molecule has 3 rings (SSSR count). The van der Waals surface area contributed by atoms with E-state index in [0.29, 0.717) is 37.4 Å². The molecule has 176 valence electrons. The van der Waals surface area contributed by atoms with Crippen LogP contribution in [-0.2, 0) is 10.9 Å². The number of likely N-dealkylation sites (tertiary alicyclic amines) is 1. The average molecular weight is 462 g/mol. The number of carbonyl (C=O) groups is 1. The van der Waals surface area contributed by atoms with E-state index in [1.165, 1.54) is 18.3 Å². The highest BCUT2D eigenvalue weighted by molar-refractivity contribution is 5.68. The van der Waals surface area contributed by atoms with Gasteiger partial charge in [-0.2, -0.15) is 18.4 Å². The van der Waals surface area contributed by atoms with Crippen molar-refractivity contribution in [2.45, 2.75) is 51.5 Å². The molecule has 1 N–H and O–H groups in total. The number of nitrogens with zero attached hydrogens (tertiary/aromatic N) is 3. The Balaban J connectivity index is 1.65. The normalized spacial score (nSPS) is 15.0. The number of hydrogen-bond acceptors (Lipinski definition) is 6. The van der Waals surface area contributed by atoms with Crippen molar-refractivity contribution in [3.63, 3.8) is 0 Å². The fraction of sp³-hybridized carbons (Fsp3) is 0.435. The zero-order valence-electron chi connectivity index (χ0n) is 18.6. The van der Waals surface area contributed by atoms with Crippen LogP contribution in [0.2, 0.25) is 0 Å². The Morgan fingerprint density at radius 2 is 1.79 bits per heavy atom. The molecule has 10 heteroatoms. The number of piperidine rings is 1. The van der Waals surface area contributed by atoms with Gasteiger partial charge in [0.2, 0.25) is 0 Å². The standard InChI is InChI=1S/C23H25F3N4O3/c1-22(2,3)33-21(31)30-12-9-17(10-13-30)32-19-8-11-28-20(18(19)14-27)29-16-6-4-15(5-7-16)23(24,25)26/h4-8,11,17H,9-10,12-13H2,1-3H3,(H,28,29). The minimum absolute atomic E-state index is 0.145. The predicted octanol–water partition coefficient (Wildman–Crippen LogP) is 5.49. The number of anilines is 2. The minimum Gasteiger partial charge on any atom is -0.489 e. The molecule has 0 bridgehead atoms. The minimum atomic E-state index is -4.43. The van der Waals surface area contributed by atoms with Crippen LogP contribution in [0.5, 0.6) is 5.75 Å². The quantitative estimate of drug-likeness (QED) is 0.646. The van der Waals surface area contributed by atoms with E-state index in [9.17, 15) is 23.2 Å². The Labute approximate surface area is 190 Å². The Morgan fingerprint density at radius 3 is 2.33 bits per heavy atom. The monoisotopic (exact) mass is 462 g/mol. The van der Waals surface area contributed by atoms with Crippen LogP contribution in [0.3, 0.4) is 0 Å². The van der Waals surface area contributed by atoms with Crippen molar-refractivity contribution in [3.05, 3.63) is 47.7 Å². The van der Waals surface area contributed by atoms with E-state index in [2.05, 4.69) is 10.3 Å². The molecule has 1 fully saturated rings. The van der Waals surface area contributed by atoms with Gasteiger partial charge in [-0.1, -0.05) is 0 Å². The van der Waals surface area contributed by atoms with Gasteiger partial charge in [0.25, 0.3) is 0 Å². The highest BCUT2D eigenvalue weighted by atomic mass is 19.4. The zero-order valence-corrected chi connectivity index (χ0v) is 18.6. The SMILES string of the molecule is CC(C)(C)OC(=O)N1CCC(Oc2ccnc(Nc3ccc(C(F)(F)F)cc3)c2C#N)CC1. The second-order valence-corrected chi connectivity index (χ2v) is 8.63. The number of pyridine rings is 1. The van der Waals surface area contributed by atoms with Gasteiger partial charge in [-0.15, -0.1) is 0 Å². The Kier molecular flexibility index (Phi) is 7.01. The van der Waals surface area contributed by atoms with Gasteiger partial charge in [0.1, 0.15) is 29.1 Å². The lowest BCUT2D eigenvalue weighted by Gasteiger charge is -2.33. The maximum absolute atomic E-state index is 12.8. The molecule has 7 nitrogen and oxygen atoms in total. The van der Waals surface area contributed by atoms with Crippen LogP contribution in [0.15, 0.2) is 36.5 Å². The van der Waals surface area contributed by atoms with Crippen LogP contribution in [-0.4, -0.2) is 40.8 Å². The van der Waals surface area contributed by atoms with Crippen molar-refractivity contribution in [3.8, 4) is 11.8 Å². The molecular formula is C23H25F3N4O3. The molecule has 33 heavy (non-hydrogen) atoms. The van der Waals surface area contributed by atoms with E-state index in [1.807, 2.05) is 26.8 Å². The number of benzene rings is 1. The van der Waals surface area contributed by atoms with Gasteiger partial charge in [0, 0.05) is 43.9 Å². The van der Waals surface area contributed by atoms with E-state index in [-0.39, 0.29) is 23.6 Å². The number of ether oxygens (including phenoxy) is 2. The van der Waals surface area contributed by atoms with Crippen LogP contribution < -0.4 is 10.1 Å². The molecule has 0 aliphatic carbocycles. The van der Waals surface area contributed by atoms with E-state index in [0.717, 1.165) is 12.1 Å². The fourth-order valence-corrected chi connectivity index (χ4v) is 3.29. The average Bonchev–Trinajstić information content (AvgIpc) is 2.73. The van der Waals surface area contributed by atoms with E-state index in [4.69, 9.17) is 9.47 Å². The molecule has 1 aromatic carbocycles. The van der Waals surface area contributed by atoms with Crippen molar-refractivity contribution in [1.29, 1.82) is 5.26 Å². The first-order valence-electron chi connectivity index (χ1n) is 10.4. The van der Waals surface area contributed by atoms with Gasteiger partial charge >= 0.3 is 12.3 Å². The summed E-state index contributed by atoms with van der Waals surface area (Å²) in [6.45, 7) is 6.35. The van der Waals surface area contributed by atoms with E-state index < -0.39 is 17.3 Å². The molecule has 0 saturated carbocycles. The number of nitrogens with one attached hydrogen (secondary N) is 1. The third-order valence-corrected chi connectivity index (χ3v) is 4.89. The fourth-order valence-electron chi connectivity index (χ4n) is 3.29. The third kappa shape index (κ3) is 6.51. The first-order valence-corrected chi connectivity index (χ1v) is 10.4. The number of aromatic nitrogens is 1. The van der Waals surface area contributed by atoms with Gasteiger partial charge in [-0.05, 0) is 45.0 Å². The maximum Gasteiger partial charge on any atom is 0.416 e. The van der Waals surface area contributed by atoms with Crippen LogP contribution >= 0.6 is 0 Å². The van der Waals surface area contributed by atoms with Gasteiger partial charge in [-0.25, -0.2) is 9.78 Å². The number of alkyl halides is 3. The Hall–Kier alpha value is -3.48. The lowest BCUT2D eigenvalue weighted by molar-refractivity contribution is -0.137. The molecule has 1 saturated heterocycles. The third-order valence-electron chi connectivity index (χ3n) is 4.89. The molecule has 0 unspecified atom stereocenters. The Bertz CT molecular complexity index is 1020. The predicted molar refractivity (Wildman–Crippen MR) is 115 cm³/mol. The van der Waals surface area contributed by atoms with Crippen LogP contribution in [0.1, 0.15) is 44.7 Å². The van der Waals surface area contributed by atoms with Crippen molar-refractivity contribution in [2.24, 2.45) is 0 Å². The molecule has 1 amide bonds. The van der Waals surface area contributed by atoms with Crippen LogP contribution in [0.25, 0.3) is 0 Å². The van der Waals surface area contributed by atoms with Gasteiger partial charge < -0.3 is 19.7 Å². The highest BCUT2D eigenvalue weighted by Gasteiger charge is 2.30. The second-order valence-electron chi connectivity index (χ2n) is 8.63. The van der Waals surface area contributed by atoms with Crippen molar-refractivity contribution in [2.75, 3.05) is 18.4 Å². The summed E-state index contributed by atoms with van der Waals surface area (Å²) in [7, 11) is 0. The first-order chi connectivity index (χ1) is 15.5. The number of hydrogen-bond donors (Lipinski definition) is 1. The van der Waals surface area contributed by atoms with Crippen molar-refractivity contribution >= 4 is 17.6 Å². The topological polar surface area (TPSA) is 87.5 Å². The summed E-state index contributed by atoms with van der Waals surface area (Å²) >= 11 is 0.